The molecule has 0 aliphatic heterocycles. The predicted octanol–water partition coefficient (Wildman–Crippen LogP) is 4.02. The van der Waals surface area contributed by atoms with Gasteiger partial charge in [0.15, 0.2) is 0 Å². The first-order chi connectivity index (χ1) is 18.9. The van der Waals surface area contributed by atoms with E-state index in [1.54, 1.807) is 0 Å². The van der Waals surface area contributed by atoms with Gasteiger partial charge in [-0.1, -0.05) is 97.1 Å². The van der Waals surface area contributed by atoms with Crippen LogP contribution >= 0.6 is 7.82 Å². The van der Waals surface area contributed by atoms with Crippen molar-refractivity contribution >= 4 is 7.82 Å². The van der Waals surface area contributed by atoms with E-state index in [1.807, 2.05) is 24.3 Å². The summed E-state index contributed by atoms with van der Waals surface area (Å²) in [5.74, 6) is 0.381. The molecule has 0 amide bonds. The Labute approximate surface area is 235 Å². The highest BCUT2D eigenvalue weighted by molar-refractivity contribution is 7.46. The number of aromatic hydroxyl groups is 1. The van der Waals surface area contributed by atoms with Crippen LogP contribution in [0, 0.1) is 0 Å². The number of phosphoric ester groups is 1. The van der Waals surface area contributed by atoms with Crippen molar-refractivity contribution in [2.45, 2.75) is 19.3 Å². The molecule has 0 unspecified atom stereocenters. The first-order valence-electron chi connectivity index (χ1n) is 12.8. The first-order valence-corrected chi connectivity index (χ1v) is 14.3. The smallest absolute Gasteiger partial charge is 0.469 e. The van der Waals surface area contributed by atoms with Crippen molar-refractivity contribution in [3.8, 4) is 5.75 Å². The Bertz CT molecular complexity index is 1300. The second-order valence-electron chi connectivity index (χ2n) is 8.99. The van der Waals surface area contributed by atoms with Crippen LogP contribution in [0.2, 0.25) is 0 Å². The number of benzene rings is 4. The van der Waals surface area contributed by atoms with Crippen molar-refractivity contribution < 1.29 is 34.6 Å². The molecule has 0 aromatic heterocycles. The zero-order valence-corrected chi connectivity index (χ0v) is 23.2. The molecule has 214 valence electrons. The van der Waals surface area contributed by atoms with Crippen molar-refractivity contribution in [3.63, 3.8) is 0 Å². The lowest BCUT2D eigenvalue weighted by Crippen LogP contribution is -2.22. The molecule has 0 fully saturated rings. The molecule has 0 saturated heterocycles. The lowest BCUT2D eigenvalue weighted by molar-refractivity contribution is 0.195. The van der Waals surface area contributed by atoms with Gasteiger partial charge in [0.2, 0.25) is 0 Å². The number of hydrogen-bond donors (Lipinski definition) is 5. The van der Waals surface area contributed by atoms with Gasteiger partial charge in [-0.15, -0.1) is 0 Å². The van der Waals surface area contributed by atoms with E-state index in [0.717, 1.165) is 24.8 Å². The van der Waals surface area contributed by atoms with Gasteiger partial charge in [0.25, 0.3) is 0 Å². The molecule has 0 radical (unpaired) electrons. The Kier molecular flexibility index (Phi) is 14.3. The number of aliphatic hydroxyl groups excluding tert-OH is 1. The Balaban J connectivity index is 0.000000400. The Morgan fingerprint density at radius 1 is 0.650 bits per heavy atom. The van der Waals surface area contributed by atoms with Crippen molar-refractivity contribution in [1.29, 1.82) is 0 Å². The third kappa shape index (κ3) is 11.8. The molecule has 0 heterocycles. The maximum Gasteiger partial charge on any atom is 0.469 e. The molecule has 0 bridgehead atoms. The van der Waals surface area contributed by atoms with Gasteiger partial charge in [0, 0.05) is 25.1 Å². The fraction of sp³-hybridized carbons (Fsp3) is 0.226. The number of hydrogen-bond acceptors (Lipinski definition) is 5. The van der Waals surface area contributed by atoms with Crippen LogP contribution in [-0.2, 0) is 28.4 Å². The van der Waals surface area contributed by atoms with E-state index >= 15 is 0 Å². The molecule has 0 atom stereocenters. The average Bonchev–Trinajstić information content (AvgIpc) is 2.93. The van der Waals surface area contributed by atoms with Crippen molar-refractivity contribution in [2.24, 2.45) is 0 Å². The molecular weight excluding hydrogens is 529 g/mol. The van der Waals surface area contributed by atoms with E-state index in [4.69, 9.17) is 14.9 Å². The molecule has 0 saturated carbocycles. The number of phosphoric acid groups is 1. The van der Waals surface area contributed by atoms with E-state index in [9.17, 15) is 9.67 Å². The molecular formula is C31H38NO7P. The van der Waals surface area contributed by atoms with Gasteiger partial charge < -0.3 is 30.8 Å². The van der Waals surface area contributed by atoms with Gasteiger partial charge >= 0.3 is 7.82 Å². The zero-order valence-electron chi connectivity index (χ0n) is 22.3. The first kappa shape index (κ1) is 32.9. The molecule has 0 aliphatic rings. The summed E-state index contributed by atoms with van der Waals surface area (Å²) in [5.41, 5.74) is 7.30. The van der Waals surface area contributed by atoms with Gasteiger partial charge in [-0.2, -0.15) is 0 Å². The lowest BCUT2D eigenvalue weighted by atomic mass is 9.88. The minimum Gasteiger partial charge on any atom is -0.508 e. The Morgan fingerprint density at radius 3 is 1.60 bits per heavy atom. The van der Waals surface area contributed by atoms with Crippen LogP contribution in [-0.4, -0.2) is 51.8 Å². The molecule has 40 heavy (non-hydrogen) atoms. The molecule has 8 nitrogen and oxygen atoms in total. The van der Waals surface area contributed by atoms with Gasteiger partial charge in [0.1, 0.15) is 5.75 Å². The highest BCUT2D eigenvalue weighted by Crippen LogP contribution is 2.35. The van der Waals surface area contributed by atoms with Crippen LogP contribution in [0.4, 0.5) is 0 Å². The quantitative estimate of drug-likeness (QED) is 0.128. The van der Waals surface area contributed by atoms with Crippen LogP contribution in [0.5, 0.6) is 5.75 Å². The lowest BCUT2D eigenvalue weighted by Gasteiger charge is -2.17. The van der Waals surface area contributed by atoms with E-state index in [1.165, 1.54) is 27.8 Å². The van der Waals surface area contributed by atoms with E-state index in [-0.39, 0.29) is 18.7 Å². The summed E-state index contributed by atoms with van der Waals surface area (Å²) in [6.07, 6.45) is 2.42. The number of phenolic OH excluding ortho intramolecular Hbond substituents is 1. The van der Waals surface area contributed by atoms with Crippen LogP contribution in [0.25, 0.3) is 0 Å². The Morgan fingerprint density at radius 2 is 1.12 bits per heavy atom. The summed E-state index contributed by atoms with van der Waals surface area (Å²) in [6.45, 7) is 0.635. The summed E-state index contributed by atoms with van der Waals surface area (Å²) >= 11 is 0. The second kappa shape index (κ2) is 17.4. The molecule has 4 rings (SSSR count). The fourth-order valence-electron chi connectivity index (χ4n) is 4.17. The van der Waals surface area contributed by atoms with Crippen LogP contribution in [0.3, 0.4) is 0 Å². The predicted molar refractivity (Wildman–Crippen MR) is 157 cm³/mol. The summed E-state index contributed by atoms with van der Waals surface area (Å²) in [6, 6.07) is 35.3. The van der Waals surface area contributed by atoms with Gasteiger partial charge in [-0.25, -0.2) is 4.57 Å². The molecule has 4 aromatic rings. The van der Waals surface area contributed by atoms with Gasteiger partial charge in [-0.3, -0.25) is 4.52 Å². The molecule has 4 aromatic carbocycles. The number of aliphatic hydroxyl groups is 1. The molecule has 0 aliphatic carbocycles. The minimum absolute atomic E-state index is 0. The minimum atomic E-state index is -4.32. The highest BCUT2D eigenvalue weighted by Gasteiger charge is 2.15. The summed E-state index contributed by atoms with van der Waals surface area (Å²) in [7, 11) is -4.32. The SMILES string of the molecule is O.O=P(O)(O)OCCNCCO.Oc1ccc(Cc2ccccc2)c(Cc2ccccc2)c1Cc1ccccc1. The summed E-state index contributed by atoms with van der Waals surface area (Å²) < 4.78 is 14.2. The van der Waals surface area contributed by atoms with E-state index in [0.29, 0.717) is 18.8 Å². The van der Waals surface area contributed by atoms with Crippen LogP contribution in [0.1, 0.15) is 33.4 Å². The highest BCUT2D eigenvalue weighted by atomic mass is 31.2. The van der Waals surface area contributed by atoms with E-state index in [2.05, 4.69) is 88.7 Å². The number of rotatable bonds is 12. The van der Waals surface area contributed by atoms with Crippen molar-refractivity contribution in [1.82, 2.24) is 5.32 Å². The third-order valence-corrected chi connectivity index (χ3v) is 6.53. The normalized spacial score (nSPS) is 10.8. The second-order valence-corrected chi connectivity index (χ2v) is 10.2. The summed E-state index contributed by atoms with van der Waals surface area (Å²) in [5, 5.41) is 21.7. The number of nitrogens with one attached hydrogen (secondary N) is 1. The largest absolute Gasteiger partial charge is 0.508 e. The van der Waals surface area contributed by atoms with Crippen LogP contribution in [0.15, 0.2) is 103 Å². The maximum atomic E-state index is 10.7. The molecule has 0 spiro atoms. The summed E-state index contributed by atoms with van der Waals surface area (Å²) in [4.78, 5) is 16.4. The maximum absolute atomic E-state index is 10.7. The standard InChI is InChI=1S/C27H24O.C4H12NO5P.H2O/c28-27-17-16-24(18-21-10-4-1-5-11-21)25(19-22-12-6-2-7-13-22)26(27)20-23-14-8-3-9-15-23;6-3-1-5-2-4-10-11(7,8)9;/h1-17,28H,18-20H2;5-6H,1-4H2,(H2,7,8,9);1H2. The van der Waals surface area contributed by atoms with Crippen molar-refractivity contribution in [3.05, 3.63) is 137 Å². The van der Waals surface area contributed by atoms with Crippen LogP contribution < -0.4 is 5.32 Å². The van der Waals surface area contributed by atoms with E-state index < -0.39 is 7.82 Å². The number of phenols is 1. The third-order valence-electron chi connectivity index (χ3n) is 6.02. The Hall–Kier alpha value is -3.33. The topological polar surface area (TPSA) is 151 Å². The van der Waals surface area contributed by atoms with Gasteiger partial charge in [-0.05, 0) is 46.7 Å². The molecule has 9 heteroatoms. The zero-order chi connectivity index (χ0) is 27.9. The monoisotopic (exact) mass is 567 g/mol. The van der Waals surface area contributed by atoms with Crippen molar-refractivity contribution in [2.75, 3.05) is 26.3 Å². The average molecular weight is 568 g/mol. The fourth-order valence-corrected chi connectivity index (χ4v) is 4.50. The van der Waals surface area contributed by atoms with Gasteiger partial charge in [0.05, 0.1) is 13.2 Å². The molecule has 7 N–H and O–H groups in total.